The van der Waals surface area contributed by atoms with E-state index in [0.717, 1.165) is 42.5 Å². The van der Waals surface area contributed by atoms with E-state index in [0.29, 0.717) is 17.2 Å². The SMILES string of the molecule is COc1cc(C)ccc1C(=O)C1NCC2CN(c3nc(C)cc(C)n3)CC21. The monoisotopic (exact) mass is 366 g/mol. The van der Waals surface area contributed by atoms with Crippen molar-refractivity contribution >= 4 is 11.7 Å². The van der Waals surface area contributed by atoms with Crippen molar-refractivity contribution in [2.75, 3.05) is 31.6 Å². The van der Waals surface area contributed by atoms with E-state index in [1.807, 2.05) is 45.0 Å². The van der Waals surface area contributed by atoms with E-state index in [1.165, 1.54) is 0 Å². The average Bonchev–Trinajstić information content (AvgIpc) is 3.20. The van der Waals surface area contributed by atoms with Gasteiger partial charge in [-0.3, -0.25) is 4.79 Å². The van der Waals surface area contributed by atoms with Gasteiger partial charge < -0.3 is 15.0 Å². The predicted molar refractivity (Wildman–Crippen MR) is 105 cm³/mol. The molecule has 0 saturated carbocycles. The van der Waals surface area contributed by atoms with E-state index >= 15 is 0 Å². The number of aryl methyl sites for hydroxylation is 3. The molecule has 1 aromatic heterocycles. The number of methoxy groups -OCH3 is 1. The highest BCUT2D eigenvalue weighted by Crippen LogP contribution is 2.35. The third-order valence-electron chi connectivity index (χ3n) is 5.68. The van der Waals surface area contributed by atoms with E-state index in [2.05, 4.69) is 20.2 Å². The smallest absolute Gasteiger partial charge is 0.225 e. The zero-order chi connectivity index (χ0) is 19.1. The topological polar surface area (TPSA) is 67.3 Å². The fourth-order valence-corrected chi connectivity index (χ4v) is 4.39. The summed E-state index contributed by atoms with van der Waals surface area (Å²) >= 11 is 0. The quantitative estimate of drug-likeness (QED) is 0.838. The molecule has 6 heteroatoms. The molecule has 0 aliphatic carbocycles. The highest BCUT2D eigenvalue weighted by atomic mass is 16.5. The summed E-state index contributed by atoms with van der Waals surface area (Å²) in [5.41, 5.74) is 3.69. The van der Waals surface area contributed by atoms with Crippen LogP contribution in [0.2, 0.25) is 0 Å². The molecule has 0 bridgehead atoms. The van der Waals surface area contributed by atoms with Crippen LogP contribution in [0.15, 0.2) is 24.3 Å². The van der Waals surface area contributed by atoms with Crippen LogP contribution in [-0.2, 0) is 0 Å². The molecule has 0 amide bonds. The van der Waals surface area contributed by atoms with Crippen LogP contribution in [0, 0.1) is 32.6 Å². The van der Waals surface area contributed by atoms with Gasteiger partial charge in [0, 0.05) is 36.9 Å². The molecule has 3 atom stereocenters. The molecule has 6 nitrogen and oxygen atoms in total. The molecule has 3 unspecified atom stereocenters. The van der Waals surface area contributed by atoms with Crippen molar-refractivity contribution in [2.45, 2.75) is 26.8 Å². The van der Waals surface area contributed by atoms with Gasteiger partial charge in [0.15, 0.2) is 5.78 Å². The van der Waals surface area contributed by atoms with E-state index in [9.17, 15) is 4.79 Å². The molecular formula is C21H26N4O2. The standard InChI is InChI=1S/C21H26N4O2/c1-12-5-6-16(18(7-12)27-4)20(26)19-17-11-25(10-15(17)9-22-19)21-23-13(2)8-14(3)24-21/h5-8,15,17,19,22H,9-11H2,1-4H3. The van der Waals surface area contributed by atoms with Crippen LogP contribution in [0.1, 0.15) is 27.3 Å². The van der Waals surface area contributed by atoms with Gasteiger partial charge in [0.25, 0.3) is 0 Å². The van der Waals surface area contributed by atoms with Crippen molar-refractivity contribution in [3.05, 3.63) is 46.8 Å². The van der Waals surface area contributed by atoms with Crippen molar-refractivity contribution in [2.24, 2.45) is 11.8 Å². The summed E-state index contributed by atoms with van der Waals surface area (Å²) in [6.45, 7) is 8.51. The number of Topliss-reactive ketones (excluding diaryl/α,β-unsaturated/α-hetero) is 1. The molecular weight excluding hydrogens is 340 g/mol. The lowest BCUT2D eigenvalue weighted by Crippen LogP contribution is -2.39. The maximum atomic E-state index is 13.2. The number of benzene rings is 1. The summed E-state index contributed by atoms with van der Waals surface area (Å²) in [7, 11) is 1.62. The molecule has 2 fully saturated rings. The van der Waals surface area contributed by atoms with Crippen molar-refractivity contribution in [3.63, 3.8) is 0 Å². The van der Waals surface area contributed by atoms with Crippen LogP contribution in [0.3, 0.4) is 0 Å². The fourth-order valence-electron chi connectivity index (χ4n) is 4.39. The number of carbonyl (C=O) groups excluding carboxylic acids is 1. The lowest BCUT2D eigenvalue weighted by molar-refractivity contribution is 0.0927. The molecule has 2 saturated heterocycles. The lowest BCUT2D eigenvalue weighted by Gasteiger charge is -2.21. The number of aromatic nitrogens is 2. The first-order valence-electron chi connectivity index (χ1n) is 9.45. The second kappa shape index (κ2) is 6.93. The van der Waals surface area contributed by atoms with Crippen LogP contribution in [0.5, 0.6) is 5.75 Å². The first kappa shape index (κ1) is 17.9. The van der Waals surface area contributed by atoms with E-state index < -0.39 is 0 Å². The minimum Gasteiger partial charge on any atom is -0.496 e. The molecule has 2 aliphatic heterocycles. The van der Waals surface area contributed by atoms with E-state index in [4.69, 9.17) is 4.74 Å². The highest BCUT2D eigenvalue weighted by Gasteiger charge is 2.46. The molecule has 1 aromatic carbocycles. The van der Waals surface area contributed by atoms with Crippen molar-refractivity contribution < 1.29 is 9.53 Å². The van der Waals surface area contributed by atoms with Gasteiger partial charge >= 0.3 is 0 Å². The molecule has 0 spiro atoms. The molecule has 1 N–H and O–H groups in total. The lowest BCUT2D eigenvalue weighted by atomic mass is 9.89. The number of hydrogen-bond donors (Lipinski definition) is 1. The van der Waals surface area contributed by atoms with Crippen LogP contribution < -0.4 is 15.0 Å². The second-order valence-electron chi connectivity index (χ2n) is 7.73. The Labute approximate surface area is 160 Å². The molecule has 2 aliphatic rings. The first-order valence-corrected chi connectivity index (χ1v) is 9.45. The van der Waals surface area contributed by atoms with E-state index in [-0.39, 0.29) is 17.7 Å². The Morgan fingerprint density at radius 3 is 2.59 bits per heavy atom. The van der Waals surface area contributed by atoms with Crippen LogP contribution in [0.4, 0.5) is 5.95 Å². The van der Waals surface area contributed by atoms with Crippen LogP contribution in [0.25, 0.3) is 0 Å². The Morgan fingerprint density at radius 1 is 1.15 bits per heavy atom. The van der Waals surface area contributed by atoms with E-state index in [1.54, 1.807) is 7.11 Å². The number of nitrogens with zero attached hydrogens (tertiary/aromatic N) is 3. The maximum Gasteiger partial charge on any atom is 0.225 e. The summed E-state index contributed by atoms with van der Waals surface area (Å²) in [5, 5.41) is 3.45. The Balaban J connectivity index is 1.56. The average molecular weight is 366 g/mol. The van der Waals surface area contributed by atoms with Crippen molar-refractivity contribution in [1.29, 1.82) is 0 Å². The van der Waals surface area contributed by atoms with Crippen LogP contribution >= 0.6 is 0 Å². The third kappa shape index (κ3) is 3.30. The Morgan fingerprint density at radius 2 is 1.89 bits per heavy atom. The zero-order valence-corrected chi connectivity index (χ0v) is 16.3. The summed E-state index contributed by atoms with van der Waals surface area (Å²) in [4.78, 5) is 24.7. The number of nitrogens with one attached hydrogen (secondary N) is 1. The summed E-state index contributed by atoms with van der Waals surface area (Å²) < 4.78 is 5.46. The number of carbonyl (C=O) groups is 1. The Kier molecular flexibility index (Phi) is 4.60. The zero-order valence-electron chi connectivity index (χ0n) is 16.3. The van der Waals surface area contributed by atoms with Crippen molar-refractivity contribution in [3.8, 4) is 5.75 Å². The van der Waals surface area contributed by atoms with Gasteiger partial charge in [0.05, 0.1) is 18.7 Å². The molecule has 0 radical (unpaired) electrons. The molecule has 4 rings (SSSR count). The molecule has 2 aromatic rings. The first-order chi connectivity index (χ1) is 13.0. The fraction of sp³-hybridized carbons (Fsp3) is 0.476. The van der Waals surface area contributed by atoms with Gasteiger partial charge in [-0.2, -0.15) is 0 Å². The van der Waals surface area contributed by atoms with Crippen molar-refractivity contribution in [1.82, 2.24) is 15.3 Å². The Hall–Kier alpha value is -2.47. The van der Waals surface area contributed by atoms with Gasteiger partial charge in [0.1, 0.15) is 5.75 Å². The third-order valence-corrected chi connectivity index (χ3v) is 5.68. The highest BCUT2D eigenvalue weighted by molar-refractivity contribution is 6.03. The molecule has 27 heavy (non-hydrogen) atoms. The van der Waals surface area contributed by atoms with Gasteiger partial charge in [-0.25, -0.2) is 9.97 Å². The summed E-state index contributed by atoms with van der Waals surface area (Å²) in [5.74, 6) is 2.23. The number of anilines is 1. The minimum absolute atomic E-state index is 0.113. The number of fused-ring (bicyclic) bond motifs is 1. The number of hydrogen-bond acceptors (Lipinski definition) is 6. The van der Waals surface area contributed by atoms with Gasteiger partial charge in [0.2, 0.25) is 5.95 Å². The predicted octanol–water partition coefficient (Wildman–Crippen LogP) is 2.32. The number of rotatable bonds is 4. The normalized spacial score (nSPS) is 24.1. The molecule has 142 valence electrons. The van der Waals surface area contributed by atoms with Gasteiger partial charge in [-0.15, -0.1) is 0 Å². The largest absolute Gasteiger partial charge is 0.496 e. The maximum absolute atomic E-state index is 13.2. The van der Waals surface area contributed by atoms with Gasteiger partial charge in [-0.1, -0.05) is 6.07 Å². The summed E-state index contributed by atoms with van der Waals surface area (Å²) in [6, 6.07) is 7.56. The van der Waals surface area contributed by atoms with Crippen LogP contribution in [-0.4, -0.2) is 48.5 Å². The summed E-state index contributed by atoms with van der Waals surface area (Å²) in [6.07, 6.45) is 0. The van der Waals surface area contributed by atoms with Gasteiger partial charge in [-0.05, 0) is 50.5 Å². The second-order valence-corrected chi connectivity index (χ2v) is 7.73. The minimum atomic E-state index is -0.192. The number of ether oxygens (including phenoxy) is 1. The molecule has 3 heterocycles. The Bertz CT molecular complexity index is 862. The number of ketones is 1.